The van der Waals surface area contributed by atoms with E-state index in [4.69, 9.17) is 0 Å². The van der Waals surface area contributed by atoms with Crippen LogP contribution in [0.2, 0.25) is 0 Å². The monoisotopic (exact) mass is 416 g/mol. The molecule has 4 bridgehead atoms. The molecule has 5 heteroatoms. The summed E-state index contributed by atoms with van der Waals surface area (Å²) in [4.78, 5) is 3.14. The van der Waals surface area contributed by atoms with Crippen molar-refractivity contribution >= 4 is 10.0 Å². The lowest BCUT2D eigenvalue weighted by atomic mass is 9.52. The molecule has 0 N–H and O–H groups in total. The Balaban J connectivity index is 1.27. The van der Waals surface area contributed by atoms with Crippen LogP contribution in [0.5, 0.6) is 0 Å². The summed E-state index contributed by atoms with van der Waals surface area (Å²) >= 11 is 0. The Kier molecular flexibility index (Phi) is 5.07. The van der Waals surface area contributed by atoms with Gasteiger partial charge in [0.1, 0.15) is 0 Å². The molecule has 0 spiro atoms. The van der Waals surface area contributed by atoms with Crippen LogP contribution in [-0.2, 0) is 10.0 Å². The third-order valence-electron chi connectivity index (χ3n) is 8.61. The molecule has 1 saturated heterocycles. The van der Waals surface area contributed by atoms with Crippen LogP contribution in [0.1, 0.15) is 70.3 Å². The summed E-state index contributed by atoms with van der Waals surface area (Å²) in [6.45, 7) is 7.42. The van der Waals surface area contributed by atoms with Crippen molar-refractivity contribution < 1.29 is 8.42 Å². The van der Waals surface area contributed by atoms with Gasteiger partial charge in [-0.1, -0.05) is 26.0 Å². The Hall–Kier alpha value is -0.910. The first kappa shape index (κ1) is 20.0. The zero-order valence-electron chi connectivity index (χ0n) is 18.0. The standard InChI is InChI=1S/C24H36N2O2S/c1-3-18(2)22-4-6-23(7-5-22)29(27,28)26-10-8-25(9-11-26)24-15-19-12-20(16-24)14-21(13-19)17-24/h4-7,18-21H,3,8-17H2,1-2H3/t18-,19?,20?,21?,24?/m1/s1. The Bertz CT molecular complexity index is 805. The van der Waals surface area contributed by atoms with Crippen molar-refractivity contribution in [1.29, 1.82) is 0 Å². The maximum atomic E-state index is 13.2. The minimum Gasteiger partial charge on any atom is -0.295 e. The van der Waals surface area contributed by atoms with Gasteiger partial charge in [-0.15, -0.1) is 0 Å². The molecule has 29 heavy (non-hydrogen) atoms. The molecule has 1 aromatic rings. The van der Waals surface area contributed by atoms with Gasteiger partial charge in [-0.3, -0.25) is 4.90 Å². The molecular weight excluding hydrogens is 380 g/mol. The molecule has 4 aliphatic carbocycles. The van der Waals surface area contributed by atoms with Crippen molar-refractivity contribution in [1.82, 2.24) is 9.21 Å². The van der Waals surface area contributed by atoms with Gasteiger partial charge in [0.25, 0.3) is 0 Å². The lowest BCUT2D eigenvalue weighted by molar-refractivity contribution is -0.0964. The van der Waals surface area contributed by atoms with Crippen LogP contribution < -0.4 is 0 Å². The summed E-state index contributed by atoms with van der Waals surface area (Å²) in [5.41, 5.74) is 1.61. The molecule has 1 aliphatic heterocycles. The highest BCUT2D eigenvalue weighted by Crippen LogP contribution is 2.57. The first-order valence-corrected chi connectivity index (χ1v) is 13.2. The van der Waals surface area contributed by atoms with Crippen LogP contribution >= 0.6 is 0 Å². The summed E-state index contributed by atoms with van der Waals surface area (Å²) in [7, 11) is -3.38. The van der Waals surface area contributed by atoms with Gasteiger partial charge < -0.3 is 0 Å². The molecule has 0 unspecified atom stereocenters. The van der Waals surface area contributed by atoms with Crippen LogP contribution in [0.3, 0.4) is 0 Å². The molecule has 5 fully saturated rings. The van der Waals surface area contributed by atoms with Crippen molar-refractivity contribution in [3.63, 3.8) is 0 Å². The van der Waals surface area contributed by atoms with E-state index in [2.05, 4.69) is 18.7 Å². The molecule has 4 saturated carbocycles. The topological polar surface area (TPSA) is 40.6 Å². The summed E-state index contributed by atoms with van der Waals surface area (Å²) in [6, 6.07) is 7.60. The fraction of sp³-hybridized carbons (Fsp3) is 0.750. The molecule has 1 heterocycles. The third-order valence-corrected chi connectivity index (χ3v) is 10.5. The molecule has 5 aliphatic rings. The van der Waals surface area contributed by atoms with Crippen LogP contribution in [0, 0.1) is 17.8 Å². The largest absolute Gasteiger partial charge is 0.295 e. The smallest absolute Gasteiger partial charge is 0.243 e. The van der Waals surface area contributed by atoms with E-state index in [9.17, 15) is 8.42 Å². The molecule has 0 amide bonds. The highest BCUT2D eigenvalue weighted by molar-refractivity contribution is 7.89. The van der Waals surface area contributed by atoms with Gasteiger partial charge in [0, 0.05) is 31.7 Å². The number of benzene rings is 1. The van der Waals surface area contributed by atoms with E-state index in [0.717, 1.165) is 37.3 Å². The van der Waals surface area contributed by atoms with Gasteiger partial charge in [-0.25, -0.2) is 8.42 Å². The second kappa shape index (κ2) is 7.35. The van der Waals surface area contributed by atoms with Crippen molar-refractivity contribution in [3.05, 3.63) is 29.8 Å². The SMILES string of the molecule is CC[C@@H](C)c1ccc(S(=O)(=O)N2CCN(C34CC5CC(CC(C5)C3)C4)CC2)cc1. The number of rotatable bonds is 5. The predicted molar refractivity (Wildman–Crippen MR) is 116 cm³/mol. The average Bonchev–Trinajstić information content (AvgIpc) is 2.72. The van der Waals surface area contributed by atoms with Crippen LogP contribution in [0.15, 0.2) is 29.2 Å². The van der Waals surface area contributed by atoms with E-state index in [1.54, 1.807) is 4.31 Å². The third kappa shape index (κ3) is 3.47. The van der Waals surface area contributed by atoms with Gasteiger partial charge in [0.05, 0.1) is 4.90 Å². The Labute approximate surface area is 176 Å². The van der Waals surface area contributed by atoms with E-state index in [1.807, 2.05) is 24.3 Å². The molecule has 160 valence electrons. The maximum Gasteiger partial charge on any atom is 0.243 e. The van der Waals surface area contributed by atoms with Gasteiger partial charge in [0.15, 0.2) is 0 Å². The Morgan fingerprint density at radius 3 is 1.93 bits per heavy atom. The van der Waals surface area contributed by atoms with Crippen molar-refractivity contribution in [3.8, 4) is 0 Å². The Morgan fingerprint density at radius 2 is 1.45 bits per heavy atom. The molecule has 0 aromatic heterocycles. The molecule has 1 aromatic carbocycles. The van der Waals surface area contributed by atoms with Crippen molar-refractivity contribution in [2.45, 2.75) is 75.1 Å². The van der Waals surface area contributed by atoms with E-state index >= 15 is 0 Å². The predicted octanol–water partition coefficient (Wildman–Crippen LogP) is 4.48. The number of hydrogen-bond donors (Lipinski definition) is 0. The van der Waals surface area contributed by atoms with Crippen LogP contribution in [-0.4, -0.2) is 49.3 Å². The van der Waals surface area contributed by atoms with Crippen LogP contribution in [0.25, 0.3) is 0 Å². The highest BCUT2D eigenvalue weighted by Gasteiger charge is 2.53. The van der Waals surface area contributed by atoms with E-state index in [0.29, 0.717) is 29.4 Å². The lowest BCUT2D eigenvalue weighted by Crippen LogP contribution is -2.64. The number of hydrogen-bond acceptors (Lipinski definition) is 3. The second-order valence-electron chi connectivity index (χ2n) is 10.4. The first-order chi connectivity index (χ1) is 13.9. The van der Waals surface area contributed by atoms with Gasteiger partial charge in [-0.2, -0.15) is 4.31 Å². The molecule has 6 rings (SSSR count). The average molecular weight is 417 g/mol. The van der Waals surface area contributed by atoms with Gasteiger partial charge >= 0.3 is 0 Å². The van der Waals surface area contributed by atoms with E-state index in [-0.39, 0.29) is 0 Å². The Morgan fingerprint density at radius 1 is 0.931 bits per heavy atom. The van der Waals surface area contributed by atoms with E-state index < -0.39 is 10.0 Å². The van der Waals surface area contributed by atoms with Gasteiger partial charge in [-0.05, 0) is 86.3 Å². The summed E-state index contributed by atoms with van der Waals surface area (Å²) in [6.07, 6.45) is 9.54. The van der Waals surface area contributed by atoms with Crippen molar-refractivity contribution in [2.75, 3.05) is 26.2 Å². The summed E-state index contributed by atoms with van der Waals surface area (Å²) in [5, 5.41) is 0. The zero-order valence-corrected chi connectivity index (χ0v) is 18.8. The number of piperazine rings is 1. The summed E-state index contributed by atoms with van der Waals surface area (Å²) < 4.78 is 28.1. The summed E-state index contributed by atoms with van der Waals surface area (Å²) in [5.74, 6) is 3.28. The zero-order chi connectivity index (χ0) is 20.2. The first-order valence-electron chi connectivity index (χ1n) is 11.7. The second-order valence-corrected chi connectivity index (χ2v) is 12.3. The normalized spacial score (nSPS) is 36.4. The van der Waals surface area contributed by atoms with Gasteiger partial charge in [0.2, 0.25) is 10.0 Å². The quantitative estimate of drug-likeness (QED) is 0.711. The molecular formula is C24H36N2O2S. The minimum atomic E-state index is -3.38. The maximum absolute atomic E-state index is 13.2. The highest BCUT2D eigenvalue weighted by atomic mass is 32.2. The molecule has 1 atom stereocenters. The lowest BCUT2D eigenvalue weighted by Gasteiger charge is -2.61. The minimum absolute atomic E-state index is 0.391. The number of sulfonamides is 1. The number of nitrogens with zero attached hydrogens (tertiary/aromatic N) is 2. The molecule has 4 nitrogen and oxygen atoms in total. The van der Waals surface area contributed by atoms with Crippen molar-refractivity contribution in [2.24, 2.45) is 17.8 Å². The van der Waals surface area contributed by atoms with Crippen LogP contribution in [0.4, 0.5) is 0 Å². The molecule has 0 radical (unpaired) electrons. The van der Waals surface area contributed by atoms with E-state index in [1.165, 1.54) is 44.1 Å². The fourth-order valence-corrected chi connectivity index (χ4v) is 8.63. The fourth-order valence-electron chi connectivity index (χ4n) is 7.21.